The second kappa shape index (κ2) is 5.73. The number of aromatic nitrogens is 2. The Labute approximate surface area is 121 Å². The van der Waals surface area contributed by atoms with Crippen LogP contribution in [0.3, 0.4) is 0 Å². The molecule has 6 nitrogen and oxygen atoms in total. The van der Waals surface area contributed by atoms with Crippen molar-refractivity contribution < 1.29 is 18.8 Å². The first-order valence-electron chi connectivity index (χ1n) is 6.97. The molecule has 0 radical (unpaired) electrons. The van der Waals surface area contributed by atoms with E-state index in [0.717, 1.165) is 17.9 Å². The van der Waals surface area contributed by atoms with Gasteiger partial charge in [-0.2, -0.15) is 16.7 Å². The number of carbonyl (C=O) groups excluding carboxylic acids is 1. The molecular formula is C13H18N2O4S. The Morgan fingerprint density at radius 2 is 2.40 bits per heavy atom. The molecule has 110 valence electrons. The molecule has 3 rings (SSSR count). The van der Waals surface area contributed by atoms with Crippen molar-refractivity contribution in [3.8, 4) is 0 Å². The van der Waals surface area contributed by atoms with Gasteiger partial charge >= 0.3 is 5.97 Å². The number of ether oxygens (including phenoxy) is 2. The molecule has 7 heteroatoms. The maximum absolute atomic E-state index is 12.1. The molecule has 1 aliphatic heterocycles. The van der Waals surface area contributed by atoms with Crippen molar-refractivity contribution >= 4 is 17.7 Å². The van der Waals surface area contributed by atoms with Crippen LogP contribution in [-0.4, -0.2) is 40.8 Å². The van der Waals surface area contributed by atoms with Gasteiger partial charge in [-0.25, -0.2) is 0 Å². The average Bonchev–Trinajstić information content (AvgIpc) is 2.89. The molecule has 1 aromatic heterocycles. The molecule has 2 heterocycles. The Morgan fingerprint density at radius 1 is 1.55 bits per heavy atom. The van der Waals surface area contributed by atoms with Crippen LogP contribution < -0.4 is 0 Å². The van der Waals surface area contributed by atoms with E-state index in [-0.39, 0.29) is 12.1 Å². The van der Waals surface area contributed by atoms with E-state index in [1.807, 2.05) is 11.8 Å². The molecule has 0 amide bonds. The topological polar surface area (TPSA) is 74.5 Å². The SMILES string of the molecule is CCOC(=O)C1(c2nc(C3CSCCO3)no2)CCC1. The van der Waals surface area contributed by atoms with Gasteiger partial charge in [-0.05, 0) is 19.8 Å². The van der Waals surface area contributed by atoms with Crippen molar-refractivity contribution in [3.05, 3.63) is 11.7 Å². The van der Waals surface area contributed by atoms with Crippen LogP contribution in [0.15, 0.2) is 4.52 Å². The van der Waals surface area contributed by atoms with Gasteiger partial charge in [-0.1, -0.05) is 11.6 Å². The van der Waals surface area contributed by atoms with Crippen LogP contribution >= 0.6 is 11.8 Å². The first-order chi connectivity index (χ1) is 9.76. The van der Waals surface area contributed by atoms with Crippen LogP contribution in [0.5, 0.6) is 0 Å². The van der Waals surface area contributed by atoms with Crippen molar-refractivity contribution in [2.45, 2.75) is 37.7 Å². The molecule has 1 unspecified atom stereocenters. The molecular weight excluding hydrogens is 280 g/mol. The molecule has 1 aliphatic carbocycles. The Kier molecular flexibility index (Phi) is 3.98. The first kappa shape index (κ1) is 13.9. The summed E-state index contributed by atoms with van der Waals surface area (Å²) in [5.74, 6) is 2.50. The minimum Gasteiger partial charge on any atom is -0.465 e. The van der Waals surface area contributed by atoms with Gasteiger partial charge in [-0.15, -0.1) is 0 Å². The van der Waals surface area contributed by atoms with Gasteiger partial charge in [0.1, 0.15) is 11.5 Å². The number of carbonyl (C=O) groups is 1. The Balaban J connectivity index is 1.79. The van der Waals surface area contributed by atoms with Gasteiger partial charge < -0.3 is 14.0 Å². The van der Waals surface area contributed by atoms with Gasteiger partial charge in [-0.3, -0.25) is 4.79 Å². The molecule has 1 atom stereocenters. The van der Waals surface area contributed by atoms with E-state index >= 15 is 0 Å². The van der Waals surface area contributed by atoms with Crippen LogP contribution in [0.1, 0.15) is 44.0 Å². The first-order valence-corrected chi connectivity index (χ1v) is 8.12. The van der Waals surface area contributed by atoms with Crippen molar-refractivity contribution in [3.63, 3.8) is 0 Å². The lowest BCUT2D eigenvalue weighted by Gasteiger charge is -2.35. The summed E-state index contributed by atoms with van der Waals surface area (Å²) < 4.78 is 16.1. The predicted octanol–water partition coefficient (Wildman–Crippen LogP) is 1.86. The van der Waals surface area contributed by atoms with Crippen LogP contribution in [0.25, 0.3) is 0 Å². The summed E-state index contributed by atoms with van der Waals surface area (Å²) in [4.78, 5) is 16.6. The van der Waals surface area contributed by atoms with E-state index < -0.39 is 5.41 Å². The average molecular weight is 298 g/mol. The second-order valence-electron chi connectivity index (χ2n) is 5.05. The molecule has 20 heavy (non-hydrogen) atoms. The highest BCUT2D eigenvalue weighted by Gasteiger charge is 2.52. The maximum Gasteiger partial charge on any atom is 0.321 e. The quantitative estimate of drug-likeness (QED) is 0.785. The summed E-state index contributed by atoms with van der Waals surface area (Å²) in [7, 11) is 0. The minimum absolute atomic E-state index is 0.134. The predicted molar refractivity (Wildman–Crippen MR) is 72.5 cm³/mol. The van der Waals surface area contributed by atoms with E-state index in [9.17, 15) is 4.79 Å². The summed E-state index contributed by atoms with van der Waals surface area (Å²) >= 11 is 1.81. The number of thioether (sulfide) groups is 1. The van der Waals surface area contributed by atoms with Crippen LogP contribution in [0.4, 0.5) is 0 Å². The number of rotatable bonds is 4. The summed E-state index contributed by atoms with van der Waals surface area (Å²) in [6.45, 7) is 2.86. The molecule has 1 saturated heterocycles. The van der Waals surface area contributed by atoms with Crippen LogP contribution in [0, 0.1) is 0 Å². The fourth-order valence-electron chi connectivity index (χ4n) is 2.50. The van der Waals surface area contributed by atoms with Gasteiger partial charge in [0.2, 0.25) is 11.7 Å². The van der Waals surface area contributed by atoms with Crippen molar-refractivity contribution in [2.24, 2.45) is 0 Å². The molecule has 0 bridgehead atoms. The van der Waals surface area contributed by atoms with Gasteiger partial charge in [0.15, 0.2) is 0 Å². The van der Waals surface area contributed by atoms with E-state index in [4.69, 9.17) is 14.0 Å². The zero-order valence-corrected chi connectivity index (χ0v) is 12.3. The Bertz CT molecular complexity index is 480. The van der Waals surface area contributed by atoms with Gasteiger partial charge in [0, 0.05) is 11.5 Å². The molecule has 0 spiro atoms. The second-order valence-corrected chi connectivity index (χ2v) is 6.20. The fraction of sp³-hybridized carbons (Fsp3) is 0.769. The summed E-state index contributed by atoms with van der Waals surface area (Å²) in [5, 5.41) is 4.00. The Hall–Kier alpha value is -1.08. The number of nitrogens with zero attached hydrogens (tertiary/aromatic N) is 2. The smallest absolute Gasteiger partial charge is 0.321 e. The third kappa shape index (κ3) is 2.33. The van der Waals surface area contributed by atoms with Crippen molar-refractivity contribution in [1.29, 1.82) is 0 Å². The van der Waals surface area contributed by atoms with Crippen LogP contribution in [-0.2, 0) is 19.7 Å². The van der Waals surface area contributed by atoms with Crippen molar-refractivity contribution in [1.82, 2.24) is 10.1 Å². The third-order valence-electron chi connectivity index (χ3n) is 3.83. The van der Waals surface area contributed by atoms with E-state index in [1.54, 1.807) is 6.92 Å². The fourth-order valence-corrected chi connectivity index (χ4v) is 3.34. The number of esters is 1. The molecule has 2 fully saturated rings. The highest BCUT2D eigenvalue weighted by molar-refractivity contribution is 7.99. The Morgan fingerprint density at radius 3 is 3.00 bits per heavy atom. The highest BCUT2D eigenvalue weighted by Crippen LogP contribution is 2.44. The molecule has 0 aromatic carbocycles. The maximum atomic E-state index is 12.1. The zero-order chi connectivity index (χ0) is 14.0. The lowest BCUT2D eigenvalue weighted by atomic mass is 9.68. The van der Waals surface area contributed by atoms with Crippen molar-refractivity contribution in [2.75, 3.05) is 24.7 Å². The minimum atomic E-state index is -0.719. The van der Waals surface area contributed by atoms with Crippen LogP contribution in [0.2, 0.25) is 0 Å². The largest absolute Gasteiger partial charge is 0.465 e. The number of hydrogen-bond acceptors (Lipinski definition) is 7. The molecule has 1 saturated carbocycles. The third-order valence-corrected chi connectivity index (χ3v) is 4.82. The zero-order valence-electron chi connectivity index (χ0n) is 11.5. The van der Waals surface area contributed by atoms with E-state index in [0.29, 0.717) is 37.8 Å². The summed E-state index contributed by atoms with van der Waals surface area (Å²) in [6, 6.07) is 0. The standard InChI is InChI=1S/C13H18N2O4S/c1-2-17-12(16)13(4-3-5-13)11-14-10(15-19-11)9-8-20-7-6-18-9/h9H,2-8H2,1H3. The normalized spacial score (nSPS) is 24.9. The lowest BCUT2D eigenvalue weighted by molar-refractivity contribution is -0.155. The van der Waals surface area contributed by atoms with E-state index in [2.05, 4.69) is 10.1 Å². The molecule has 0 N–H and O–H groups in total. The highest BCUT2D eigenvalue weighted by atomic mass is 32.2. The van der Waals surface area contributed by atoms with Gasteiger partial charge in [0.05, 0.1) is 13.2 Å². The number of hydrogen-bond donors (Lipinski definition) is 0. The lowest BCUT2D eigenvalue weighted by Crippen LogP contribution is -2.44. The molecule has 1 aromatic rings. The molecule has 2 aliphatic rings. The van der Waals surface area contributed by atoms with Gasteiger partial charge in [0.25, 0.3) is 0 Å². The van der Waals surface area contributed by atoms with E-state index in [1.165, 1.54) is 0 Å². The summed E-state index contributed by atoms with van der Waals surface area (Å²) in [6.07, 6.45) is 2.28. The monoisotopic (exact) mass is 298 g/mol. The summed E-state index contributed by atoms with van der Waals surface area (Å²) in [5.41, 5.74) is -0.719.